The first-order valence-electron chi connectivity index (χ1n) is 5.42. The van der Waals surface area contributed by atoms with Crippen molar-refractivity contribution >= 4 is 25.8 Å². The molecule has 5 unspecified atom stereocenters. The van der Waals surface area contributed by atoms with Gasteiger partial charge in [-0.05, 0) is 11.8 Å². The van der Waals surface area contributed by atoms with Crippen molar-refractivity contribution in [1.82, 2.24) is 0 Å². The lowest BCUT2D eigenvalue weighted by atomic mass is 9.92. The lowest BCUT2D eigenvalue weighted by Crippen LogP contribution is -2.42. The highest BCUT2D eigenvalue weighted by Gasteiger charge is 2.58. The molecule has 0 aromatic carbocycles. The van der Waals surface area contributed by atoms with E-state index in [4.69, 9.17) is 4.18 Å². The van der Waals surface area contributed by atoms with Gasteiger partial charge in [0.25, 0.3) is 10.1 Å². The highest BCUT2D eigenvalue weighted by Crippen LogP contribution is 2.42. The minimum Gasteiger partial charge on any atom is -0.292 e. The quantitative estimate of drug-likeness (QED) is 0.521. The van der Waals surface area contributed by atoms with E-state index in [1.807, 2.05) is 0 Å². The average molecular weight is 322 g/mol. The lowest BCUT2D eigenvalue weighted by molar-refractivity contribution is -0.192. The summed E-state index contributed by atoms with van der Waals surface area (Å²) in [6.07, 6.45) is -7.60. The van der Waals surface area contributed by atoms with Crippen molar-refractivity contribution in [3.05, 3.63) is 0 Å². The molecule has 5 nitrogen and oxygen atoms in total. The lowest BCUT2D eigenvalue weighted by Gasteiger charge is -2.25. The number of alkyl halides is 3. The van der Waals surface area contributed by atoms with Crippen LogP contribution in [0, 0.1) is 11.8 Å². The van der Waals surface area contributed by atoms with Gasteiger partial charge in [-0.3, -0.25) is 8.37 Å². The number of rotatable bonds is 1. The number of hydrogen-bond donors (Lipinski definition) is 0. The van der Waals surface area contributed by atoms with E-state index < -0.39 is 55.9 Å². The summed E-state index contributed by atoms with van der Waals surface area (Å²) in [4.78, 5) is 0. The normalized spacial score (nSPS) is 46.5. The van der Waals surface area contributed by atoms with E-state index in [9.17, 15) is 25.8 Å². The summed E-state index contributed by atoms with van der Waals surface area (Å²) >= 11 is 0. The molecule has 0 N–H and O–H groups in total. The third-order valence-corrected chi connectivity index (χ3v) is 6.04. The zero-order valence-corrected chi connectivity index (χ0v) is 11.6. The average Bonchev–Trinajstić information content (AvgIpc) is 2.61. The molecule has 2 heterocycles. The van der Waals surface area contributed by atoms with Crippen LogP contribution in [-0.2, 0) is 28.3 Å². The van der Waals surface area contributed by atoms with E-state index in [2.05, 4.69) is 10.1 Å². The van der Waals surface area contributed by atoms with Gasteiger partial charge >= 0.3 is 6.18 Å². The molecular weight excluding hydrogens is 309 g/mol. The monoisotopic (exact) mass is 322 g/mol. The first kappa shape index (κ1) is 15.1. The van der Waals surface area contributed by atoms with Gasteiger partial charge in [0.15, 0.2) is 0 Å². The van der Waals surface area contributed by atoms with Crippen LogP contribution < -0.4 is 0 Å². The number of halogens is 3. The van der Waals surface area contributed by atoms with E-state index in [1.165, 1.54) is 6.92 Å². The summed E-state index contributed by atoms with van der Waals surface area (Å²) in [7, 11) is -7.17. The molecule has 0 bridgehead atoms. The van der Waals surface area contributed by atoms with Crippen LogP contribution in [0.5, 0.6) is 0 Å². The Morgan fingerprint density at radius 3 is 2.11 bits per heavy atom. The second kappa shape index (κ2) is 4.34. The van der Waals surface area contributed by atoms with Crippen LogP contribution in [0.3, 0.4) is 0 Å². The molecule has 2 rings (SSSR count). The largest absolute Gasteiger partial charge is 0.395 e. The van der Waals surface area contributed by atoms with E-state index >= 15 is 0 Å². The van der Waals surface area contributed by atoms with Gasteiger partial charge in [-0.2, -0.15) is 21.6 Å². The van der Waals surface area contributed by atoms with Crippen LogP contribution in [0.4, 0.5) is 13.2 Å². The Morgan fingerprint density at radius 1 is 1.11 bits per heavy atom. The third kappa shape index (κ3) is 3.06. The predicted octanol–water partition coefficient (Wildman–Crippen LogP) is 0.560. The SMILES string of the molecule is C=S1(=O)CC(C)C(C2OS(=O)(=O)CC2C(F)(F)F)O1. The van der Waals surface area contributed by atoms with Crippen LogP contribution in [0.2, 0.25) is 0 Å². The smallest absolute Gasteiger partial charge is 0.292 e. The Bertz CT molecular complexity index is 565. The second-order valence-electron chi connectivity index (χ2n) is 4.88. The van der Waals surface area contributed by atoms with Crippen molar-refractivity contribution < 1.29 is 34.2 Å². The van der Waals surface area contributed by atoms with E-state index in [0.717, 1.165) is 0 Å². The van der Waals surface area contributed by atoms with Crippen molar-refractivity contribution in [3.8, 4) is 0 Å². The number of hydrogen-bond acceptors (Lipinski definition) is 5. The molecule has 5 atom stereocenters. The molecule has 0 amide bonds. The second-order valence-corrected chi connectivity index (χ2v) is 8.54. The zero-order valence-electron chi connectivity index (χ0n) is 9.92. The van der Waals surface area contributed by atoms with Crippen molar-refractivity contribution in [2.24, 2.45) is 11.8 Å². The Kier molecular flexibility index (Phi) is 3.44. The van der Waals surface area contributed by atoms with Crippen LogP contribution >= 0.6 is 0 Å². The van der Waals surface area contributed by atoms with Crippen LogP contribution in [0.15, 0.2) is 0 Å². The molecule has 19 heavy (non-hydrogen) atoms. The molecule has 0 aromatic rings. The Balaban J connectivity index is 2.32. The van der Waals surface area contributed by atoms with Crippen LogP contribution in [-0.4, -0.2) is 48.4 Å². The first-order valence-corrected chi connectivity index (χ1v) is 8.82. The van der Waals surface area contributed by atoms with Gasteiger partial charge in [-0.15, -0.1) is 0 Å². The van der Waals surface area contributed by atoms with E-state index in [1.54, 1.807) is 0 Å². The summed E-state index contributed by atoms with van der Waals surface area (Å²) in [6.45, 7) is 1.53. The third-order valence-electron chi connectivity index (χ3n) is 3.15. The fourth-order valence-electron chi connectivity index (χ4n) is 2.37. The van der Waals surface area contributed by atoms with E-state index in [0.29, 0.717) is 0 Å². The molecule has 0 spiro atoms. The Morgan fingerprint density at radius 2 is 1.68 bits per heavy atom. The summed E-state index contributed by atoms with van der Waals surface area (Å²) < 4.78 is 82.2. The minimum absolute atomic E-state index is 0.0118. The molecule has 2 fully saturated rings. The van der Waals surface area contributed by atoms with Crippen molar-refractivity contribution in [2.45, 2.75) is 25.3 Å². The first-order chi connectivity index (χ1) is 8.41. The van der Waals surface area contributed by atoms with Crippen molar-refractivity contribution in [3.63, 3.8) is 0 Å². The molecule has 2 aliphatic heterocycles. The van der Waals surface area contributed by atoms with Crippen LogP contribution in [0.1, 0.15) is 6.92 Å². The molecular formula is C9H13F3O5S2. The summed E-state index contributed by atoms with van der Waals surface area (Å²) in [6, 6.07) is 0. The molecule has 0 radical (unpaired) electrons. The van der Waals surface area contributed by atoms with Crippen molar-refractivity contribution in [1.29, 1.82) is 0 Å². The summed E-state index contributed by atoms with van der Waals surface area (Å²) in [5.41, 5.74) is 0. The minimum atomic E-state index is -4.72. The Labute approximate surface area is 109 Å². The maximum atomic E-state index is 12.8. The molecule has 10 heteroatoms. The maximum absolute atomic E-state index is 12.8. The predicted molar refractivity (Wildman–Crippen MR) is 62.4 cm³/mol. The van der Waals surface area contributed by atoms with Gasteiger partial charge < -0.3 is 0 Å². The molecule has 2 aliphatic rings. The topological polar surface area (TPSA) is 69.7 Å². The molecule has 0 aliphatic carbocycles. The van der Waals surface area contributed by atoms with Gasteiger partial charge in [0.2, 0.25) is 0 Å². The highest BCUT2D eigenvalue weighted by atomic mass is 32.2. The van der Waals surface area contributed by atoms with Crippen LogP contribution in [0.25, 0.3) is 0 Å². The summed E-state index contributed by atoms with van der Waals surface area (Å²) in [5, 5.41) is 0. The van der Waals surface area contributed by atoms with E-state index in [-0.39, 0.29) is 5.75 Å². The van der Waals surface area contributed by atoms with Gasteiger partial charge in [-0.1, -0.05) is 6.92 Å². The van der Waals surface area contributed by atoms with Gasteiger partial charge in [-0.25, -0.2) is 4.21 Å². The fraction of sp³-hybridized carbons (Fsp3) is 0.889. The maximum Gasteiger partial charge on any atom is 0.395 e. The fourth-order valence-corrected chi connectivity index (χ4v) is 5.62. The molecule has 112 valence electrons. The zero-order chi connectivity index (χ0) is 14.6. The molecule has 2 saturated heterocycles. The summed E-state index contributed by atoms with van der Waals surface area (Å²) in [5.74, 6) is -0.549. The van der Waals surface area contributed by atoms with Gasteiger partial charge in [0.05, 0.1) is 15.6 Å². The standard InChI is InChI=1S/C9H13F3O5S2/c1-5-3-18(2,13)16-7(5)8-6(9(10,11)12)4-19(14,15)17-8/h5-8H,2-4H2,1H3. The van der Waals surface area contributed by atoms with Gasteiger partial charge in [0.1, 0.15) is 18.1 Å². The Hall–Kier alpha value is -0.320. The van der Waals surface area contributed by atoms with Gasteiger partial charge in [0, 0.05) is 5.75 Å². The van der Waals surface area contributed by atoms with Crippen molar-refractivity contribution in [2.75, 3.05) is 11.5 Å². The highest BCUT2D eigenvalue weighted by molar-refractivity contribution is 7.96. The molecule has 0 aromatic heterocycles. The molecule has 0 saturated carbocycles.